The third-order valence-corrected chi connectivity index (χ3v) is 4.81. The van der Waals surface area contributed by atoms with Gasteiger partial charge >= 0.3 is 0 Å². The van der Waals surface area contributed by atoms with Crippen LogP contribution in [0.5, 0.6) is 0 Å². The number of hydrogen-bond donors (Lipinski definition) is 2. The first-order valence-corrected chi connectivity index (χ1v) is 8.90. The molecule has 0 aliphatic carbocycles. The van der Waals surface area contributed by atoms with E-state index in [0.29, 0.717) is 10.8 Å². The molecule has 26 heavy (non-hydrogen) atoms. The van der Waals surface area contributed by atoms with Gasteiger partial charge in [-0.1, -0.05) is 24.3 Å². The molecule has 0 spiro atoms. The summed E-state index contributed by atoms with van der Waals surface area (Å²) in [6, 6.07) is 7.29. The largest absolute Gasteiger partial charge is 0.369 e. The number of rotatable bonds is 5. The third kappa shape index (κ3) is 3.97. The van der Waals surface area contributed by atoms with Crippen LogP contribution in [0.2, 0.25) is 0 Å². The predicted molar refractivity (Wildman–Crippen MR) is 99.0 cm³/mol. The van der Waals surface area contributed by atoms with E-state index in [1.54, 1.807) is 16.5 Å². The van der Waals surface area contributed by atoms with Gasteiger partial charge in [0.1, 0.15) is 0 Å². The number of nitrogens with two attached hydrogens (primary N) is 1. The van der Waals surface area contributed by atoms with E-state index < -0.39 is 5.91 Å². The SMILES string of the molecule is CC(=O)N1C=Cc2ccccc2C1CC(=O)Nc1nc(CC(N)=O)cs1. The molecule has 1 aliphatic heterocycles. The molecule has 8 heteroatoms. The summed E-state index contributed by atoms with van der Waals surface area (Å²) < 4.78 is 0. The fourth-order valence-electron chi connectivity index (χ4n) is 2.88. The van der Waals surface area contributed by atoms with Gasteiger partial charge in [0.2, 0.25) is 17.7 Å². The maximum atomic E-state index is 12.5. The number of carbonyl (C=O) groups excluding carboxylic acids is 3. The topological polar surface area (TPSA) is 105 Å². The molecular weight excluding hydrogens is 352 g/mol. The second-order valence-corrected chi connectivity index (χ2v) is 6.78. The molecule has 0 radical (unpaired) electrons. The number of benzene rings is 1. The first-order valence-electron chi connectivity index (χ1n) is 8.02. The zero-order valence-electron chi connectivity index (χ0n) is 14.1. The Hall–Kier alpha value is -3.00. The maximum Gasteiger partial charge on any atom is 0.228 e. The maximum absolute atomic E-state index is 12.5. The highest BCUT2D eigenvalue weighted by Gasteiger charge is 2.28. The van der Waals surface area contributed by atoms with Gasteiger partial charge in [0, 0.05) is 18.5 Å². The summed E-state index contributed by atoms with van der Waals surface area (Å²) in [5, 5.41) is 4.81. The molecule has 1 unspecified atom stereocenters. The Morgan fingerprint density at radius 2 is 2.08 bits per heavy atom. The summed E-state index contributed by atoms with van der Waals surface area (Å²) in [6.45, 7) is 1.47. The molecule has 0 saturated carbocycles. The molecule has 0 saturated heterocycles. The van der Waals surface area contributed by atoms with Crippen molar-refractivity contribution in [1.29, 1.82) is 0 Å². The van der Waals surface area contributed by atoms with Crippen LogP contribution >= 0.6 is 11.3 Å². The lowest BCUT2D eigenvalue weighted by Gasteiger charge is -2.32. The van der Waals surface area contributed by atoms with E-state index in [9.17, 15) is 14.4 Å². The predicted octanol–water partition coefficient (Wildman–Crippen LogP) is 2.07. The second kappa shape index (κ2) is 7.49. The summed E-state index contributed by atoms with van der Waals surface area (Å²) in [5.74, 6) is -0.867. The van der Waals surface area contributed by atoms with Crippen LogP contribution in [0, 0.1) is 0 Å². The van der Waals surface area contributed by atoms with Crippen molar-refractivity contribution >= 4 is 40.3 Å². The number of nitrogens with zero attached hydrogens (tertiary/aromatic N) is 2. The average Bonchev–Trinajstić information content (AvgIpc) is 3.00. The van der Waals surface area contributed by atoms with Gasteiger partial charge in [-0.3, -0.25) is 14.4 Å². The van der Waals surface area contributed by atoms with Crippen LogP contribution in [0.25, 0.3) is 6.08 Å². The highest BCUT2D eigenvalue weighted by molar-refractivity contribution is 7.13. The summed E-state index contributed by atoms with van der Waals surface area (Å²) in [4.78, 5) is 41.1. The van der Waals surface area contributed by atoms with Crippen LogP contribution in [-0.4, -0.2) is 27.6 Å². The number of anilines is 1. The van der Waals surface area contributed by atoms with E-state index in [1.165, 1.54) is 18.3 Å². The Kier molecular flexibility index (Phi) is 5.13. The van der Waals surface area contributed by atoms with E-state index >= 15 is 0 Å². The van der Waals surface area contributed by atoms with E-state index in [2.05, 4.69) is 10.3 Å². The van der Waals surface area contributed by atoms with Crippen molar-refractivity contribution < 1.29 is 14.4 Å². The number of fused-ring (bicyclic) bond motifs is 1. The normalized spacial score (nSPS) is 15.4. The van der Waals surface area contributed by atoms with E-state index in [-0.39, 0.29) is 30.7 Å². The molecular formula is C18H18N4O3S. The lowest BCUT2D eigenvalue weighted by atomic mass is 9.93. The van der Waals surface area contributed by atoms with E-state index in [4.69, 9.17) is 5.73 Å². The minimum absolute atomic E-state index is 0.0330. The smallest absolute Gasteiger partial charge is 0.228 e. The molecule has 1 aromatic heterocycles. The van der Waals surface area contributed by atoms with Gasteiger partial charge in [0.25, 0.3) is 0 Å². The Labute approximate surface area is 154 Å². The van der Waals surface area contributed by atoms with Crippen LogP contribution in [0.3, 0.4) is 0 Å². The highest BCUT2D eigenvalue weighted by Crippen LogP contribution is 2.33. The molecule has 1 aromatic carbocycles. The Morgan fingerprint density at radius 1 is 1.31 bits per heavy atom. The Bertz CT molecular complexity index is 890. The lowest BCUT2D eigenvalue weighted by molar-refractivity contribution is -0.129. The van der Waals surface area contributed by atoms with Gasteiger partial charge in [-0.05, 0) is 17.2 Å². The first kappa shape index (κ1) is 17.8. The number of thiazole rings is 1. The molecule has 3 N–H and O–H groups in total. The average molecular weight is 370 g/mol. The Morgan fingerprint density at radius 3 is 2.81 bits per heavy atom. The molecule has 0 fully saturated rings. The fourth-order valence-corrected chi connectivity index (χ4v) is 3.61. The van der Waals surface area contributed by atoms with Crippen molar-refractivity contribution in [1.82, 2.24) is 9.88 Å². The van der Waals surface area contributed by atoms with Gasteiger partial charge in [0.15, 0.2) is 5.13 Å². The molecule has 3 rings (SSSR count). The number of primary amides is 1. The molecule has 1 atom stereocenters. The van der Waals surface area contributed by atoms with Gasteiger partial charge in [-0.2, -0.15) is 0 Å². The molecule has 3 amide bonds. The van der Waals surface area contributed by atoms with E-state index in [1.807, 2.05) is 30.3 Å². The van der Waals surface area contributed by atoms with Crippen LogP contribution in [0.4, 0.5) is 5.13 Å². The monoisotopic (exact) mass is 370 g/mol. The van der Waals surface area contributed by atoms with Crippen LogP contribution < -0.4 is 11.1 Å². The molecule has 134 valence electrons. The van der Waals surface area contributed by atoms with Crippen LogP contribution in [-0.2, 0) is 20.8 Å². The van der Waals surface area contributed by atoms with Crippen LogP contribution in [0.15, 0.2) is 35.8 Å². The number of aromatic nitrogens is 1. The minimum atomic E-state index is -0.476. The zero-order chi connectivity index (χ0) is 18.7. The number of amides is 3. The quantitative estimate of drug-likeness (QED) is 0.840. The standard InChI is InChI=1S/C18H18N4O3S/c1-11(23)22-7-6-12-4-2-3-5-14(12)15(22)9-17(25)21-18-20-13(10-26-18)8-16(19)24/h2-7,10,15H,8-9H2,1H3,(H2,19,24)(H,20,21,25). The molecule has 7 nitrogen and oxygen atoms in total. The van der Waals surface area contributed by atoms with Gasteiger partial charge in [0.05, 0.1) is 24.6 Å². The van der Waals surface area contributed by atoms with Crippen molar-refractivity contribution in [3.05, 3.63) is 52.7 Å². The Balaban J connectivity index is 1.74. The number of carbonyl (C=O) groups is 3. The summed E-state index contributed by atoms with van der Waals surface area (Å²) in [6.07, 6.45) is 3.70. The minimum Gasteiger partial charge on any atom is -0.369 e. The van der Waals surface area contributed by atoms with Crippen molar-refractivity contribution in [2.45, 2.75) is 25.8 Å². The fraction of sp³-hybridized carbons (Fsp3) is 0.222. The van der Waals surface area contributed by atoms with Crippen molar-refractivity contribution in [2.24, 2.45) is 5.73 Å². The van der Waals surface area contributed by atoms with Gasteiger partial charge < -0.3 is 16.0 Å². The van der Waals surface area contributed by atoms with Crippen LogP contribution in [0.1, 0.15) is 36.2 Å². The van der Waals surface area contributed by atoms with E-state index in [0.717, 1.165) is 11.1 Å². The lowest BCUT2D eigenvalue weighted by Crippen LogP contribution is -2.33. The van der Waals surface area contributed by atoms with Gasteiger partial charge in [-0.25, -0.2) is 4.98 Å². The molecule has 2 heterocycles. The van der Waals surface area contributed by atoms with Gasteiger partial charge in [-0.15, -0.1) is 11.3 Å². The van der Waals surface area contributed by atoms with Crippen molar-refractivity contribution in [3.63, 3.8) is 0 Å². The number of hydrogen-bond acceptors (Lipinski definition) is 5. The molecule has 2 aromatic rings. The van der Waals surface area contributed by atoms with Crippen molar-refractivity contribution in [2.75, 3.05) is 5.32 Å². The van der Waals surface area contributed by atoms with Crippen molar-refractivity contribution in [3.8, 4) is 0 Å². The zero-order valence-corrected chi connectivity index (χ0v) is 15.0. The first-order chi connectivity index (χ1) is 12.4. The summed E-state index contributed by atoms with van der Waals surface area (Å²) in [7, 11) is 0. The second-order valence-electron chi connectivity index (χ2n) is 5.93. The summed E-state index contributed by atoms with van der Waals surface area (Å²) in [5.41, 5.74) is 7.58. The molecule has 0 bridgehead atoms. The number of nitrogens with one attached hydrogen (secondary N) is 1. The summed E-state index contributed by atoms with van der Waals surface area (Å²) >= 11 is 1.23. The third-order valence-electron chi connectivity index (χ3n) is 4.00. The highest BCUT2D eigenvalue weighted by atomic mass is 32.1. The molecule has 1 aliphatic rings.